The van der Waals surface area contributed by atoms with Crippen LogP contribution in [0.15, 0.2) is 0 Å². The molecule has 3 nitrogen and oxygen atoms in total. The molecule has 2 rings (SSSR count). The molecule has 3 heteroatoms. The summed E-state index contributed by atoms with van der Waals surface area (Å²) >= 11 is 0. The third kappa shape index (κ3) is 1.35. The number of carbonyl (C=O) groups is 1. The highest BCUT2D eigenvalue weighted by Gasteiger charge is 2.43. The van der Waals surface area contributed by atoms with Gasteiger partial charge in [-0.1, -0.05) is 6.42 Å². The number of carbonyl (C=O) groups excluding carboxylic acids is 1. The van der Waals surface area contributed by atoms with Crippen LogP contribution in [0, 0.1) is 0 Å². The largest absolute Gasteiger partial charge is 0.394 e. The third-order valence-electron chi connectivity index (χ3n) is 3.47. The second-order valence-corrected chi connectivity index (χ2v) is 4.24. The van der Waals surface area contributed by atoms with E-state index in [-0.39, 0.29) is 18.1 Å². The number of rotatable bonds is 1. The van der Waals surface area contributed by atoms with Crippen LogP contribution in [0.2, 0.25) is 0 Å². The summed E-state index contributed by atoms with van der Waals surface area (Å²) in [6.45, 7) is 1.01. The fraction of sp³-hybridized carbons (Fsp3) is 0.900. The Balaban J connectivity index is 2.23. The molecule has 0 aromatic rings. The molecule has 1 atom stereocenters. The average molecular weight is 183 g/mol. The predicted molar refractivity (Wildman–Crippen MR) is 49.2 cm³/mol. The van der Waals surface area contributed by atoms with E-state index in [1.54, 1.807) is 0 Å². The molecular formula is C10H17NO2. The van der Waals surface area contributed by atoms with Gasteiger partial charge >= 0.3 is 0 Å². The summed E-state index contributed by atoms with van der Waals surface area (Å²) in [5.74, 6) is 0.254. The summed E-state index contributed by atoms with van der Waals surface area (Å²) < 4.78 is 0. The molecule has 0 bridgehead atoms. The standard InChI is InChI=1S/C10H17NO2/c12-8-10-5-2-1-4-9(13)11(10)7-3-6-10/h12H,1-8H2. The lowest BCUT2D eigenvalue weighted by Gasteiger charge is -2.35. The monoisotopic (exact) mass is 183 g/mol. The van der Waals surface area contributed by atoms with Crippen molar-refractivity contribution in [3.8, 4) is 0 Å². The highest BCUT2D eigenvalue weighted by molar-refractivity contribution is 5.77. The zero-order chi connectivity index (χ0) is 9.31. The van der Waals surface area contributed by atoms with E-state index in [4.69, 9.17) is 0 Å². The summed E-state index contributed by atoms with van der Waals surface area (Å²) in [6.07, 6.45) is 5.82. The molecule has 2 heterocycles. The highest BCUT2D eigenvalue weighted by Crippen LogP contribution is 2.36. The van der Waals surface area contributed by atoms with Gasteiger partial charge < -0.3 is 10.0 Å². The van der Waals surface area contributed by atoms with Crippen molar-refractivity contribution in [2.45, 2.75) is 44.1 Å². The van der Waals surface area contributed by atoms with Gasteiger partial charge in [-0.05, 0) is 25.7 Å². The summed E-state index contributed by atoms with van der Waals surface area (Å²) in [5, 5.41) is 9.40. The van der Waals surface area contributed by atoms with Gasteiger partial charge in [-0.25, -0.2) is 0 Å². The lowest BCUT2D eigenvalue weighted by molar-refractivity contribution is -0.135. The van der Waals surface area contributed by atoms with Crippen molar-refractivity contribution in [3.05, 3.63) is 0 Å². The molecule has 0 aromatic carbocycles. The minimum Gasteiger partial charge on any atom is -0.394 e. The Bertz CT molecular complexity index is 217. The number of aliphatic hydroxyl groups is 1. The van der Waals surface area contributed by atoms with Crippen LogP contribution in [0.5, 0.6) is 0 Å². The van der Waals surface area contributed by atoms with E-state index in [9.17, 15) is 9.90 Å². The number of fused-ring (bicyclic) bond motifs is 1. The van der Waals surface area contributed by atoms with Crippen LogP contribution in [0.3, 0.4) is 0 Å². The SMILES string of the molecule is O=C1CCCCC2(CO)CCCN12. The maximum Gasteiger partial charge on any atom is 0.223 e. The summed E-state index contributed by atoms with van der Waals surface area (Å²) in [4.78, 5) is 13.6. The number of nitrogens with zero attached hydrogens (tertiary/aromatic N) is 1. The molecule has 2 fully saturated rings. The molecule has 0 radical (unpaired) electrons. The fourth-order valence-corrected chi connectivity index (χ4v) is 2.70. The Hall–Kier alpha value is -0.570. The van der Waals surface area contributed by atoms with Crippen molar-refractivity contribution in [2.75, 3.05) is 13.2 Å². The smallest absolute Gasteiger partial charge is 0.223 e. The van der Waals surface area contributed by atoms with E-state index in [1.807, 2.05) is 4.90 Å². The number of aliphatic hydroxyl groups excluding tert-OH is 1. The first kappa shape index (κ1) is 9.00. The highest BCUT2D eigenvalue weighted by atomic mass is 16.3. The number of amides is 1. The quantitative estimate of drug-likeness (QED) is 0.656. The first-order valence-electron chi connectivity index (χ1n) is 5.20. The lowest BCUT2D eigenvalue weighted by atomic mass is 9.92. The molecular weight excluding hydrogens is 166 g/mol. The van der Waals surface area contributed by atoms with Gasteiger partial charge in [0.1, 0.15) is 0 Å². The first-order valence-corrected chi connectivity index (χ1v) is 5.20. The zero-order valence-electron chi connectivity index (χ0n) is 7.96. The van der Waals surface area contributed by atoms with Gasteiger partial charge in [0, 0.05) is 13.0 Å². The Morgan fingerprint density at radius 1 is 1.31 bits per heavy atom. The van der Waals surface area contributed by atoms with Crippen LogP contribution in [0.25, 0.3) is 0 Å². The molecule has 2 aliphatic heterocycles. The second-order valence-electron chi connectivity index (χ2n) is 4.24. The van der Waals surface area contributed by atoms with Crippen molar-refractivity contribution in [2.24, 2.45) is 0 Å². The van der Waals surface area contributed by atoms with Gasteiger partial charge in [0.05, 0.1) is 12.1 Å². The summed E-state index contributed by atoms with van der Waals surface area (Å²) in [6, 6.07) is 0. The van der Waals surface area contributed by atoms with E-state index in [2.05, 4.69) is 0 Å². The van der Waals surface area contributed by atoms with E-state index < -0.39 is 0 Å². The van der Waals surface area contributed by atoms with Gasteiger partial charge in [-0.2, -0.15) is 0 Å². The third-order valence-corrected chi connectivity index (χ3v) is 3.47. The van der Waals surface area contributed by atoms with Gasteiger partial charge in [-0.15, -0.1) is 0 Å². The Morgan fingerprint density at radius 2 is 2.08 bits per heavy atom. The minimum atomic E-state index is -0.173. The van der Waals surface area contributed by atoms with Gasteiger partial charge in [-0.3, -0.25) is 4.79 Å². The molecule has 0 saturated carbocycles. The number of hydrogen-bond donors (Lipinski definition) is 1. The normalized spacial score (nSPS) is 34.5. The van der Waals surface area contributed by atoms with Crippen LogP contribution in [0.1, 0.15) is 38.5 Å². The lowest BCUT2D eigenvalue weighted by Crippen LogP contribution is -2.48. The van der Waals surface area contributed by atoms with Crippen molar-refractivity contribution in [1.82, 2.24) is 4.90 Å². The molecule has 1 N–H and O–H groups in total. The average Bonchev–Trinajstić information content (AvgIpc) is 2.51. The van der Waals surface area contributed by atoms with Gasteiger partial charge in [0.2, 0.25) is 5.91 Å². The van der Waals surface area contributed by atoms with Crippen molar-refractivity contribution in [3.63, 3.8) is 0 Å². The molecule has 0 aliphatic carbocycles. The van der Waals surface area contributed by atoms with Crippen LogP contribution >= 0.6 is 0 Å². The van der Waals surface area contributed by atoms with Crippen LogP contribution < -0.4 is 0 Å². The molecule has 0 spiro atoms. The van der Waals surface area contributed by atoms with Crippen LogP contribution in [0.4, 0.5) is 0 Å². The van der Waals surface area contributed by atoms with E-state index in [0.29, 0.717) is 6.42 Å². The topological polar surface area (TPSA) is 40.5 Å². The summed E-state index contributed by atoms with van der Waals surface area (Å²) in [7, 11) is 0. The van der Waals surface area contributed by atoms with Gasteiger partial charge in [0.25, 0.3) is 0 Å². The molecule has 2 aliphatic rings. The van der Waals surface area contributed by atoms with E-state index in [1.165, 1.54) is 0 Å². The van der Waals surface area contributed by atoms with Crippen molar-refractivity contribution in [1.29, 1.82) is 0 Å². The second kappa shape index (κ2) is 3.29. The van der Waals surface area contributed by atoms with Gasteiger partial charge in [0.15, 0.2) is 0 Å². The molecule has 2 saturated heterocycles. The molecule has 1 amide bonds. The van der Waals surface area contributed by atoms with E-state index in [0.717, 1.165) is 38.6 Å². The minimum absolute atomic E-state index is 0.152. The maximum atomic E-state index is 11.7. The Morgan fingerprint density at radius 3 is 2.85 bits per heavy atom. The van der Waals surface area contributed by atoms with Crippen LogP contribution in [-0.2, 0) is 4.79 Å². The van der Waals surface area contributed by atoms with Crippen molar-refractivity contribution < 1.29 is 9.90 Å². The number of hydrogen-bond acceptors (Lipinski definition) is 2. The first-order chi connectivity index (χ1) is 6.28. The van der Waals surface area contributed by atoms with Crippen LogP contribution in [-0.4, -0.2) is 34.6 Å². The summed E-state index contributed by atoms with van der Waals surface area (Å²) in [5.41, 5.74) is -0.173. The molecule has 13 heavy (non-hydrogen) atoms. The zero-order valence-corrected chi connectivity index (χ0v) is 7.96. The van der Waals surface area contributed by atoms with E-state index >= 15 is 0 Å². The Labute approximate surface area is 78.7 Å². The molecule has 0 aromatic heterocycles. The Kier molecular flexibility index (Phi) is 2.28. The maximum absolute atomic E-state index is 11.7. The van der Waals surface area contributed by atoms with Crippen molar-refractivity contribution >= 4 is 5.91 Å². The predicted octanol–water partition coefficient (Wildman–Crippen LogP) is 0.914. The molecule has 1 unspecified atom stereocenters. The molecule has 74 valence electrons. The fourth-order valence-electron chi connectivity index (χ4n) is 2.70.